The molecule has 2 aliphatic rings. The van der Waals surface area contributed by atoms with Crippen LogP contribution in [-0.4, -0.2) is 98.2 Å². The number of guanidine groups is 1. The minimum Gasteiger partial charge on any atom is -0.369 e. The Morgan fingerprint density at radius 1 is 0.871 bits per heavy atom. The highest BCUT2D eigenvalue weighted by Crippen LogP contribution is 2.15. The average Bonchev–Trinajstić information content (AvgIpc) is 2.86. The quantitative estimate of drug-likeness (QED) is 0.429. The molecule has 31 heavy (non-hydrogen) atoms. The van der Waals surface area contributed by atoms with Crippen molar-refractivity contribution in [2.75, 3.05) is 82.3 Å². The van der Waals surface area contributed by atoms with Crippen LogP contribution in [0.5, 0.6) is 0 Å². The SMILES string of the molecule is CN=C(NCCCN1CCN(c2ccccc2)CC1)N1CCN(c2ncccn2)CC1. The van der Waals surface area contributed by atoms with Crippen LogP contribution in [0.1, 0.15) is 6.42 Å². The lowest BCUT2D eigenvalue weighted by Crippen LogP contribution is -2.53. The van der Waals surface area contributed by atoms with E-state index < -0.39 is 0 Å². The maximum atomic E-state index is 4.50. The third-order valence-electron chi connectivity index (χ3n) is 6.05. The van der Waals surface area contributed by atoms with Gasteiger partial charge in [-0.3, -0.25) is 9.89 Å². The van der Waals surface area contributed by atoms with E-state index in [4.69, 9.17) is 0 Å². The first kappa shape index (κ1) is 21.4. The minimum absolute atomic E-state index is 0.817. The molecule has 2 saturated heterocycles. The van der Waals surface area contributed by atoms with Gasteiger partial charge in [-0.1, -0.05) is 18.2 Å². The smallest absolute Gasteiger partial charge is 0.225 e. The molecular formula is C23H34N8. The van der Waals surface area contributed by atoms with Crippen LogP contribution in [0.15, 0.2) is 53.8 Å². The summed E-state index contributed by atoms with van der Waals surface area (Å²) < 4.78 is 0. The van der Waals surface area contributed by atoms with E-state index in [1.807, 2.05) is 13.1 Å². The van der Waals surface area contributed by atoms with Crippen LogP contribution in [0.4, 0.5) is 11.6 Å². The Labute approximate surface area is 185 Å². The Bertz CT molecular complexity index is 797. The van der Waals surface area contributed by atoms with Gasteiger partial charge in [-0.2, -0.15) is 0 Å². The first-order chi connectivity index (χ1) is 15.3. The normalized spacial score (nSPS) is 18.4. The van der Waals surface area contributed by atoms with Gasteiger partial charge < -0.3 is 20.0 Å². The van der Waals surface area contributed by atoms with Crippen LogP contribution in [0.3, 0.4) is 0 Å². The lowest BCUT2D eigenvalue weighted by Gasteiger charge is -2.37. The topological polar surface area (TPSA) is 63.1 Å². The predicted octanol–water partition coefficient (Wildman–Crippen LogP) is 1.39. The second kappa shape index (κ2) is 10.9. The van der Waals surface area contributed by atoms with E-state index >= 15 is 0 Å². The predicted molar refractivity (Wildman–Crippen MR) is 127 cm³/mol. The van der Waals surface area contributed by atoms with Gasteiger partial charge in [-0.25, -0.2) is 9.97 Å². The van der Waals surface area contributed by atoms with Crippen molar-refractivity contribution in [2.45, 2.75) is 6.42 Å². The molecule has 2 aliphatic heterocycles. The third-order valence-corrected chi connectivity index (χ3v) is 6.05. The summed E-state index contributed by atoms with van der Waals surface area (Å²) in [7, 11) is 1.87. The number of nitrogens with zero attached hydrogens (tertiary/aromatic N) is 7. The molecule has 0 saturated carbocycles. The van der Waals surface area contributed by atoms with Gasteiger partial charge in [-0.05, 0) is 31.2 Å². The van der Waals surface area contributed by atoms with Gasteiger partial charge >= 0.3 is 0 Å². The van der Waals surface area contributed by atoms with Crippen molar-refractivity contribution in [1.29, 1.82) is 0 Å². The van der Waals surface area contributed by atoms with Crippen molar-refractivity contribution in [1.82, 2.24) is 25.1 Å². The molecule has 1 aromatic heterocycles. The highest BCUT2D eigenvalue weighted by Gasteiger charge is 2.21. The van der Waals surface area contributed by atoms with Gasteiger partial charge in [0.25, 0.3) is 0 Å². The first-order valence-corrected chi connectivity index (χ1v) is 11.3. The second-order valence-corrected chi connectivity index (χ2v) is 8.01. The molecule has 0 atom stereocenters. The van der Waals surface area contributed by atoms with Crippen molar-refractivity contribution in [3.8, 4) is 0 Å². The molecule has 4 rings (SSSR count). The first-order valence-electron chi connectivity index (χ1n) is 11.3. The fourth-order valence-electron chi connectivity index (χ4n) is 4.28. The molecule has 8 nitrogen and oxygen atoms in total. The van der Waals surface area contributed by atoms with Crippen LogP contribution in [-0.2, 0) is 0 Å². The number of nitrogens with one attached hydrogen (secondary N) is 1. The largest absolute Gasteiger partial charge is 0.369 e. The summed E-state index contributed by atoms with van der Waals surface area (Å²) in [6, 6.07) is 12.6. The van der Waals surface area contributed by atoms with E-state index in [9.17, 15) is 0 Å². The van der Waals surface area contributed by atoms with Crippen molar-refractivity contribution in [3.63, 3.8) is 0 Å². The molecule has 0 radical (unpaired) electrons. The van der Waals surface area contributed by atoms with E-state index in [0.717, 1.165) is 83.8 Å². The van der Waals surface area contributed by atoms with Crippen LogP contribution < -0.4 is 15.1 Å². The zero-order valence-electron chi connectivity index (χ0n) is 18.5. The molecule has 8 heteroatoms. The number of para-hydroxylation sites is 1. The van der Waals surface area contributed by atoms with Gasteiger partial charge in [0.15, 0.2) is 5.96 Å². The molecular weight excluding hydrogens is 388 g/mol. The van der Waals surface area contributed by atoms with E-state index in [0.29, 0.717) is 0 Å². The molecule has 1 aromatic carbocycles. The van der Waals surface area contributed by atoms with Gasteiger partial charge in [0.1, 0.15) is 0 Å². The lowest BCUT2D eigenvalue weighted by molar-refractivity contribution is 0.255. The van der Waals surface area contributed by atoms with E-state index in [2.05, 4.69) is 70.2 Å². The van der Waals surface area contributed by atoms with Crippen LogP contribution in [0.2, 0.25) is 0 Å². The monoisotopic (exact) mass is 422 g/mol. The number of piperazine rings is 2. The molecule has 166 valence electrons. The number of hydrogen-bond acceptors (Lipinski definition) is 6. The summed E-state index contributed by atoms with van der Waals surface area (Å²) in [5.41, 5.74) is 1.34. The maximum Gasteiger partial charge on any atom is 0.225 e. The Morgan fingerprint density at radius 2 is 1.55 bits per heavy atom. The molecule has 0 amide bonds. The fraction of sp³-hybridized carbons (Fsp3) is 0.522. The summed E-state index contributed by atoms with van der Waals surface area (Å²) in [5.74, 6) is 1.82. The van der Waals surface area contributed by atoms with Gasteiger partial charge in [0.05, 0.1) is 0 Å². The molecule has 3 heterocycles. The van der Waals surface area contributed by atoms with Crippen LogP contribution in [0, 0.1) is 0 Å². The Kier molecular flexibility index (Phi) is 7.55. The molecule has 0 spiro atoms. The summed E-state index contributed by atoms with van der Waals surface area (Å²) in [5, 5.41) is 3.56. The molecule has 0 bridgehead atoms. The van der Waals surface area contributed by atoms with Gasteiger partial charge in [0.2, 0.25) is 5.95 Å². The van der Waals surface area contributed by atoms with Crippen LogP contribution >= 0.6 is 0 Å². The number of anilines is 2. The summed E-state index contributed by atoms with van der Waals surface area (Å²) in [6.45, 7) is 10.2. The van der Waals surface area contributed by atoms with Gasteiger partial charge in [-0.15, -0.1) is 0 Å². The average molecular weight is 423 g/mol. The second-order valence-electron chi connectivity index (χ2n) is 8.01. The van der Waals surface area contributed by atoms with Crippen molar-refractivity contribution in [3.05, 3.63) is 48.8 Å². The van der Waals surface area contributed by atoms with E-state index in [1.54, 1.807) is 12.4 Å². The Morgan fingerprint density at radius 3 is 2.23 bits per heavy atom. The zero-order valence-corrected chi connectivity index (χ0v) is 18.5. The van der Waals surface area contributed by atoms with Crippen molar-refractivity contribution >= 4 is 17.6 Å². The van der Waals surface area contributed by atoms with Gasteiger partial charge in [0, 0.05) is 84.0 Å². The number of aromatic nitrogens is 2. The highest BCUT2D eigenvalue weighted by atomic mass is 15.4. The number of rotatable bonds is 6. The summed E-state index contributed by atoms with van der Waals surface area (Å²) in [4.78, 5) is 22.8. The minimum atomic E-state index is 0.817. The van der Waals surface area contributed by atoms with Crippen LogP contribution in [0.25, 0.3) is 0 Å². The molecule has 0 unspecified atom stereocenters. The number of hydrogen-bond donors (Lipinski definition) is 1. The number of aliphatic imine (C=N–C) groups is 1. The lowest BCUT2D eigenvalue weighted by atomic mass is 10.2. The molecule has 2 aromatic rings. The van der Waals surface area contributed by atoms with Crippen molar-refractivity contribution < 1.29 is 0 Å². The maximum absolute atomic E-state index is 4.50. The zero-order chi connectivity index (χ0) is 21.3. The molecule has 2 fully saturated rings. The van der Waals surface area contributed by atoms with Crippen molar-refractivity contribution in [2.24, 2.45) is 4.99 Å². The molecule has 1 N–H and O–H groups in total. The summed E-state index contributed by atoms with van der Waals surface area (Å²) >= 11 is 0. The number of benzene rings is 1. The fourth-order valence-corrected chi connectivity index (χ4v) is 4.28. The van der Waals surface area contributed by atoms with E-state index in [-0.39, 0.29) is 0 Å². The molecule has 0 aliphatic carbocycles. The summed E-state index contributed by atoms with van der Waals surface area (Å²) in [6.07, 6.45) is 4.73. The van der Waals surface area contributed by atoms with E-state index in [1.165, 1.54) is 5.69 Å². The standard InChI is InChI=1S/C23H34N8/c1-24-22(30-17-19-31(20-18-30)23-26-9-5-10-27-23)25-11-6-12-28-13-15-29(16-14-28)21-7-3-2-4-8-21/h2-5,7-10H,6,11-20H2,1H3,(H,24,25). The Hall–Kier alpha value is -2.87. The Balaban J connectivity index is 1.13. The highest BCUT2D eigenvalue weighted by molar-refractivity contribution is 5.80. The third kappa shape index (κ3) is 5.85.